The third-order valence-corrected chi connectivity index (χ3v) is 4.00. The number of hydrogen-bond acceptors (Lipinski definition) is 1. The van der Waals surface area contributed by atoms with Crippen molar-refractivity contribution in [3.8, 4) is 0 Å². The summed E-state index contributed by atoms with van der Waals surface area (Å²) in [7, 11) is 0. The summed E-state index contributed by atoms with van der Waals surface area (Å²) in [5, 5.41) is 0. The van der Waals surface area contributed by atoms with E-state index < -0.39 is 0 Å². The van der Waals surface area contributed by atoms with Crippen LogP contribution in [0.25, 0.3) is 0 Å². The Labute approximate surface area is 138 Å². The van der Waals surface area contributed by atoms with Crippen molar-refractivity contribution in [3.63, 3.8) is 0 Å². The van der Waals surface area contributed by atoms with E-state index in [9.17, 15) is 0 Å². The molecule has 3 aromatic rings. The average Bonchev–Trinajstić information content (AvgIpc) is 2.63. The lowest BCUT2D eigenvalue weighted by Crippen LogP contribution is -2.05. The van der Waals surface area contributed by atoms with Crippen LogP contribution < -0.4 is 0 Å². The molecule has 1 unspecified atom stereocenters. The Balaban J connectivity index is 1.92. The van der Waals surface area contributed by atoms with Crippen molar-refractivity contribution >= 4 is 5.71 Å². The topological polar surface area (TPSA) is 12.4 Å². The highest BCUT2D eigenvalue weighted by Crippen LogP contribution is 2.23. The van der Waals surface area contributed by atoms with E-state index in [1.165, 1.54) is 16.7 Å². The van der Waals surface area contributed by atoms with Crippen LogP contribution in [0.4, 0.5) is 0 Å². The van der Waals surface area contributed by atoms with Gasteiger partial charge in [-0.05, 0) is 30.0 Å². The Morgan fingerprint density at radius 1 is 0.739 bits per heavy atom. The maximum atomic E-state index is 5.03. The average molecular weight is 299 g/mol. The number of aliphatic imine (C=N–C) groups is 1. The summed E-state index contributed by atoms with van der Waals surface area (Å²) >= 11 is 0. The van der Waals surface area contributed by atoms with Crippen LogP contribution in [0.2, 0.25) is 0 Å². The van der Waals surface area contributed by atoms with Crippen LogP contribution in [-0.4, -0.2) is 5.71 Å². The van der Waals surface area contributed by atoms with E-state index in [1.54, 1.807) is 0 Å². The molecule has 1 atom stereocenters. The monoisotopic (exact) mass is 299 g/mol. The summed E-state index contributed by atoms with van der Waals surface area (Å²) in [6.07, 6.45) is 0.912. The van der Waals surface area contributed by atoms with E-state index in [4.69, 9.17) is 4.99 Å². The third-order valence-electron chi connectivity index (χ3n) is 4.00. The van der Waals surface area contributed by atoms with Crippen molar-refractivity contribution < 1.29 is 0 Å². The first-order valence-electron chi connectivity index (χ1n) is 8.01. The molecule has 3 rings (SSSR count). The summed E-state index contributed by atoms with van der Waals surface area (Å²) in [6.45, 7) is 2.09. The molecular weight excluding hydrogens is 278 g/mol. The fourth-order valence-corrected chi connectivity index (χ4v) is 2.74. The lowest BCUT2D eigenvalue weighted by molar-refractivity contribution is 0.724. The highest BCUT2D eigenvalue weighted by Gasteiger charge is 2.11. The second-order valence-electron chi connectivity index (χ2n) is 5.70. The maximum Gasteiger partial charge on any atom is 0.0792 e. The largest absolute Gasteiger partial charge is 0.281 e. The molecule has 114 valence electrons. The molecule has 0 radical (unpaired) electrons. The first kappa shape index (κ1) is 15.2. The molecule has 0 amide bonds. The third kappa shape index (κ3) is 4.17. The van der Waals surface area contributed by atoms with E-state index in [0.717, 1.165) is 12.1 Å². The SMILES string of the molecule is CC(=NC(Cc1ccccc1)c1ccccc1)c1ccccc1. The van der Waals surface area contributed by atoms with Crippen LogP contribution in [-0.2, 0) is 6.42 Å². The Kier molecular flexibility index (Phi) is 5.00. The summed E-state index contributed by atoms with van der Waals surface area (Å²) in [5.41, 5.74) is 4.83. The van der Waals surface area contributed by atoms with Crippen LogP contribution in [0.1, 0.15) is 29.7 Å². The van der Waals surface area contributed by atoms with Crippen molar-refractivity contribution in [3.05, 3.63) is 108 Å². The van der Waals surface area contributed by atoms with Gasteiger partial charge in [-0.25, -0.2) is 0 Å². The predicted octanol–water partition coefficient (Wildman–Crippen LogP) is 5.48. The van der Waals surface area contributed by atoms with Crippen molar-refractivity contribution in [1.82, 2.24) is 0 Å². The minimum atomic E-state index is 0.138. The smallest absolute Gasteiger partial charge is 0.0792 e. The molecule has 0 heterocycles. The molecule has 1 heteroatoms. The Hall–Kier alpha value is -2.67. The lowest BCUT2D eigenvalue weighted by Gasteiger charge is -2.15. The normalized spacial score (nSPS) is 12.8. The van der Waals surface area contributed by atoms with Gasteiger partial charge in [-0.15, -0.1) is 0 Å². The van der Waals surface area contributed by atoms with Gasteiger partial charge in [0.25, 0.3) is 0 Å². The molecule has 0 aliphatic heterocycles. The number of rotatable bonds is 5. The molecule has 0 aliphatic carbocycles. The summed E-state index contributed by atoms with van der Waals surface area (Å²) < 4.78 is 0. The number of nitrogens with zero attached hydrogens (tertiary/aromatic N) is 1. The number of hydrogen-bond donors (Lipinski definition) is 0. The van der Waals surface area contributed by atoms with Crippen molar-refractivity contribution in [2.24, 2.45) is 4.99 Å². The second-order valence-corrected chi connectivity index (χ2v) is 5.70. The second kappa shape index (κ2) is 7.55. The van der Waals surface area contributed by atoms with Gasteiger partial charge < -0.3 is 0 Å². The van der Waals surface area contributed by atoms with Crippen molar-refractivity contribution in [2.75, 3.05) is 0 Å². The van der Waals surface area contributed by atoms with Gasteiger partial charge in [-0.2, -0.15) is 0 Å². The number of benzene rings is 3. The standard InChI is InChI=1S/C22H21N/c1-18(20-13-7-3-8-14-20)23-22(21-15-9-4-10-16-21)17-19-11-5-2-6-12-19/h2-16,22H,17H2,1H3. The van der Waals surface area contributed by atoms with E-state index in [1.807, 2.05) is 6.07 Å². The van der Waals surface area contributed by atoms with Gasteiger partial charge in [-0.1, -0.05) is 91.0 Å². The maximum absolute atomic E-state index is 5.03. The first-order chi connectivity index (χ1) is 11.3. The van der Waals surface area contributed by atoms with Gasteiger partial charge in [0, 0.05) is 5.71 Å². The van der Waals surface area contributed by atoms with E-state index in [0.29, 0.717) is 0 Å². The molecule has 0 saturated carbocycles. The fourth-order valence-electron chi connectivity index (χ4n) is 2.74. The molecular formula is C22H21N. The first-order valence-corrected chi connectivity index (χ1v) is 8.01. The zero-order valence-electron chi connectivity index (χ0n) is 13.4. The molecule has 0 saturated heterocycles. The van der Waals surface area contributed by atoms with Crippen LogP contribution in [0.15, 0.2) is 96.0 Å². The van der Waals surface area contributed by atoms with Crippen LogP contribution in [0, 0.1) is 0 Å². The fraction of sp³-hybridized carbons (Fsp3) is 0.136. The zero-order chi connectivity index (χ0) is 15.9. The Morgan fingerprint density at radius 3 is 1.87 bits per heavy atom. The summed E-state index contributed by atoms with van der Waals surface area (Å²) in [6, 6.07) is 31.6. The lowest BCUT2D eigenvalue weighted by atomic mass is 9.99. The quantitative estimate of drug-likeness (QED) is 0.553. The zero-order valence-corrected chi connectivity index (χ0v) is 13.4. The van der Waals surface area contributed by atoms with Crippen LogP contribution in [0.5, 0.6) is 0 Å². The molecule has 0 aromatic heterocycles. The Bertz CT molecular complexity index is 746. The molecule has 0 bridgehead atoms. The molecule has 0 N–H and O–H groups in total. The van der Waals surface area contributed by atoms with Crippen molar-refractivity contribution in [2.45, 2.75) is 19.4 Å². The minimum absolute atomic E-state index is 0.138. The Morgan fingerprint density at radius 2 is 1.26 bits per heavy atom. The minimum Gasteiger partial charge on any atom is -0.281 e. The van der Waals surface area contributed by atoms with Gasteiger partial charge >= 0.3 is 0 Å². The molecule has 3 aromatic carbocycles. The van der Waals surface area contributed by atoms with Gasteiger partial charge in [-0.3, -0.25) is 4.99 Å². The van der Waals surface area contributed by atoms with Gasteiger partial charge in [0.1, 0.15) is 0 Å². The van der Waals surface area contributed by atoms with Gasteiger partial charge in [0.15, 0.2) is 0 Å². The summed E-state index contributed by atoms with van der Waals surface area (Å²) in [5.74, 6) is 0. The van der Waals surface area contributed by atoms with Crippen LogP contribution in [0.3, 0.4) is 0 Å². The molecule has 23 heavy (non-hydrogen) atoms. The molecule has 0 spiro atoms. The summed E-state index contributed by atoms with van der Waals surface area (Å²) in [4.78, 5) is 5.03. The molecule has 0 fully saturated rings. The van der Waals surface area contributed by atoms with Gasteiger partial charge in [0.05, 0.1) is 6.04 Å². The van der Waals surface area contributed by atoms with Crippen molar-refractivity contribution in [1.29, 1.82) is 0 Å². The van der Waals surface area contributed by atoms with Crippen LogP contribution >= 0.6 is 0 Å². The predicted molar refractivity (Wildman–Crippen MR) is 98.0 cm³/mol. The van der Waals surface area contributed by atoms with Gasteiger partial charge in [0.2, 0.25) is 0 Å². The molecule has 1 nitrogen and oxygen atoms in total. The van der Waals surface area contributed by atoms with E-state index >= 15 is 0 Å². The van der Waals surface area contributed by atoms with E-state index in [2.05, 4.69) is 91.9 Å². The van der Waals surface area contributed by atoms with E-state index in [-0.39, 0.29) is 6.04 Å². The molecule has 0 aliphatic rings. The highest BCUT2D eigenvalue weighted by atomic mass is 14.8. The highest BCUT2D eigenvalue weighted by molar-refractivity contribution is 5.98.